The molecule has 256 valence electrons. The molecule has 52 heavy (non-hydrogen) atoms. The van der Waals surface area contributed by atoms with Crippen molar-refractivity contribution in [2.75, 3.05) is 0 Å². The molecule has 1 N–H and O–H groups in total. The summed E-state index contributed by atoms with van der Waals surface area (Å²) in [7, 11) is 0. The van der Waals surface area contributed by atoms with E-state index in [4.69, 9.17) is 9.97 Å². The van der Waals surface area contributed by atoms with Gasteiger partial charge in [0.05, 0.1) is 33.5 Å². The van der Waals surface area contributed by atoms with Crippen LogP contribution in [0.2, 0.25) is 0 Å². The standard InChI is InChI=1S/C46H35N4O.Pt/c1-46(2,3)31-25-28-40(37(29-31)30-15-6-4-7-16-30)50-41-23-14-21-35(43(41)48-45(50)36-20-11-13-24-42(36)51)38-27-26-34-33-19-10-12-22-39(33)49(44(34)47-38)32-17-8-5-9-18-32;/h4-17,19-29,51H,1-3H3;/q-1;. The van der Waals surface area contributed by atoms with Gasteiger partial charge in [0.15, 0.2) is 0 Å². The second-order valence-corrected chi connectivity index (χ2v) is 14.0. The number of fused-ring (bicyclic) bond motifs is 4. The Kier molecular flexibility index (Phi) is 8.40. The summed E-state index contributed by atoms with van der Waals surface area (Å²) in [6.45, 7) is 6.71. The normalized spacial score (nSPS) is 11.7. The Labute approximate surface area is 317 Å². The van der Waals surface area contributed by atoms with E-state index in [1.165, 1.54) is 5.56 Å². The van der Waals surface area contributed by atoms with Gasteiger partial charge in [-0.15, -0.1) is 6.07 Å². The summed E-state index contributed by atoms with van der Waals surface area (Å²) in [5.41, 5.74) is 11.3. The monoisotopic (exact) mass is 854 g/mol. The number of para-hydroxylation sites is 4. The summed E-state index contributed by atoms with van der Waals surface area (Å²) in [6, 6.07) is 55.0. The fraction of sp³-hybridized carbons (Fsp3) is 0.0870. The maximum atomic E-state index is 11.2. The minimum Gasteiger partial charge on any atom is -0.507 e. The molecule has 3 aromatic heterocycles. The Hall–Kier alpha value is -5.77. The Morgan fingerprint density at radius 3 is 2.12 bits per heavy atom. The number of benzene rings is 6. The molecule has 6 aromatic carbocycles. The van der Waals surface area contributed by atoms with Gasteiger partial charge >= 0.3 is 0 Å². The number of aromatic hydroxyl groups is 1. The van der Waals surface area contributed by atoms with Gasteiger partial charge in [-0.05, 0) is 65.1 Å². The first-order valence-electron chi connectivity index (χ1n) is 17.2. The van der Waals surface area contributed by atoms with E-state index in [0.29, 0.717) is 11.4 Å². The van der Waals surface area contributed by atoms with E-state index in [1.807, 2.05) is 42.5 Å². The minimum atomic E-state index is -0.0446. The summed E-state index contributed by atoms with van der Waals surface area (Å²) < 4.78 is 4.38. The molecule has 0 spiro atoms. The van der Waals surface area contributed by atoms with Crippen LogP contribution in [0.1, 0.15) is 26.3 Å². The van der Waals surface area contributed by atoms with Crippen molar-refractivity contribution in [1.29, 1.82) is 0 Å². The van der Waals surface area contributed by atoms with Gasteiger partial charge < -0.3 is 9.67 Å². The van der Waals surface area contributed by atoms with Crippen molar-refractivity contribution < 1.29 is 26.2 Å². The summed E-state index contributed by atoms with van der Waals surface area (Å²) >= 11 is 0. The zero-order valence-corrected chi connectivity index (χ0v) is 31.3. The average molecular weight is 855 g/mol. The average Bonchev–Trinajstić information content (AvgIpc) is 3.71. The first-order valence-corrected chi connectivity index (χ1v) is 17.2. The Bertz CT molecular complexity index is 2740. The molecule has 0 radical (unpaired) electrons. The first kappa shape index (κ1) is 33.4. The fourth-order valence-corrected chi connectivity index (χ4v) is 7.20. The van der Waals surface area contributed by atoms with E-state index in [9.17, 15) is 5.11 Å². The number of aromatic nitrogens is 4. The van der Waals surface area contributed by atoms with Crippen molar-refractivity contribution in [1.82, 2.24) is 19.1 Å². The number of hydrogen-bond acceptors (Lipinski definition) is 3. The van der Waals surface area contributed by atoms with Crippen molar-refractivity contribution in [3.8, 4) is 50.9 Å². The fourth-order valence-electron chi connectivity index (χ4n) is 7.20. The molecule has 3 heterocycles. The summed E-state index contributed by atoms with van der Waals surface area (Å²) in [5.74, 6) is 0.830. The van der Waals surface area contributed by atoms with Gasteiger partial charge in [-0.25, -0.2) is 9.97 Å². The van der Waals surface area contributed by atoms with E-state index < -0.39 is 0 Å². The summed E-state index contributed by atoms with van der Waals surface area (Å²) in [5, 5.41) is 13.5. The predicted octanol–water partition coefficient (Wildman–Crippen LogP) is 11.3. The second kappa shape index (κ2) is 13.1. The van der Waals surface area contributed by atoms with Crippen LogP contribution in [0.15, 0.2) is 152 Å². The van der Waals surface area contributed by atoms with E-state index in [2.05, 4.69) is 139 Å². The topological polar surface area (TPSA) is 55.9 Å². The molecule has 6 heteroatoms. The maximum Gasteiger partial charge on any atom is 0.149 e. The molecule has 0 aliphatic rings. The molecule has 5 nitrogen and oxygen atoms in total. The third-order valence-electron chi connectivity index (χ3n) is 9.75. The third-order valence-corrected chi connectivity index (χ3v) is 9.75. The third kappa shape index (κ3) is 5.53. The molecule has 0 atom stereocenters. The SMILES string of the molecule is CC(C)(C)c1ccc(-n2c(-c3ccccc3O)nc3c(-c4ccc5c6ccccc6n(-c6[c-]cccc6)c5n4)cccc32)c(-c2ccccc2)c1.[Pt]. The van der Waals surface area contributed by atoms with Gasteiger partial charge in [0.2, 0.25) is 0 Å². The van der Waals surface area contributed by atoms with Crippen molar-refractivity contribution in [2.24, 2.45) is 0 Å². The van der Waals surface area contributed by atoms with Gasteiger partial charge in [0.1, 0.15) is 17.2 Å². The predicted molar refractivity (Wildman–Crippen MR) is 209 cm³/mol. The molecule has 0 fully saturated rings. The van der Waals surface area contributed by atoms with Crippen LogP contribution in [0.25, 0.3) is 78.1 Å². The number of nitrogens with zero attached hydrogens (tertiary/aromatic N) is 4. The van der Waals surface area contributed by atoms with Gasteiger partial charge in [0, 0.05) is 43.0 Å². The molecular formula is C46H35N4OPt-. The molecule has 0 saturated carbocycles. The molecular weight excluding hydrogens is 820 g/mol. The molecule has 0 bridgehead atoms. The van der Waals surface area contributed by atoms with Crippen LogP contribution in [-0.2, 0) is 26.5 Å². The Balaban J connectivity index is 0.00000387. The zero-order valence-electron chi connectivity index (χ0n) is 29.0. The number of pyridine rings is 1. The van der Waals surface area contributed by atoms with Crippen LogP contribution in [0.5, 0.6) is 5.75 Å². The van der Waals surface area contributed by atoms with Crippen LogP contribution in [0.4, 0.5) is 0 Å². The molecule has 0 aliphatic heterocycles. The van der Waals surface area contributed by atoms with Crippen molar-refractivity contribution in [3.05, 3.63) is 163 Å². The zero-order chi connectivity index (χ0) is 34.7. The van der Waals surface area contributed by atoms with E-state index in [1.54, 1.807) is 6.07 Å². The van der Waals surface area contributed by atoms with Crippen LogP contribution in [-0.4, -0.2) is 24.2 Å². The van der Waals surface area contributed by atoms with Gasteiger partial charge in [-0.3, -0.25) is 4.57 Å². The molecule has 0 aliphatic carbocycles. The molecule has 0 amide bonds. The van der Waals surface area contributed by atoms with Gasteiger partial charge in [-0.1, -0.05) is 105 Å². The number of imidazole rings is 1. The molecule has 9 rings (SSSR count). The smallest absolute Gasteiger partial charge is 0.149 e. The number of hydrogen-bond donors (Lipinski definition) is 1. The number of phenolic OH excluding ortho intramolecular Hbond substituents is 1. The Morgan fingerprint density at radius 1 is 0.596 bits per heavy atom. The molecule has 0 unspecified atom stereocenters. The van der Waals surface area contributed by atoms with Crippen molar-refractivity contribution >= 4 is 33.0 Å². The summed E-state index contributed by atoms with van der Waals surface area (Å²) in [4.78, 5) is 10.7. The largest absolute Gasteiger partial charge is 0.507 e. The van der Waals surface area contributed by atoms with E-state index >= 15 is 0 Å². The molecule has 9 aromatic rings. The second-order valence-electron chi connectivity index (χ2n) is 14.0. The molecule has 0 saturated heterocycles. The quantitative estimate of drug-likeness (QED) is 0.176. The maximum absolute atomic E-state index is 11.2. The number of rotatable bonds is 5. The van der Waals surface area contributed by atoms with Crippen molar-refractivity contribution in [2.45, 2.75) is 26.2 Å². The van der Waals surface area contributed by atoms with Gasteiger partial charge in [-0.2, -0.15) is 24.3 Å². The van der Waals surface area contributed by atoms with Crippen LogP contribution in [0, 0.1) is 6.07 Å². The summed E-state index contributed by atoms with van der Waals surface area (Å²) in [6.07, 6.45) is 0. The van der Waals surface area contributed by atoms with E-state index in [0.717, 1.165) is 66.7 Å². The minimum absolute atomic E-state index is 0. The van der Waals surface area contributed by atoms with E-state index in [-0.39, 0.29) is 32.2 Å². The van der Waals surface area contributed by atoms with Crippen LogP contribution in [0.3, 0.4) is 0 Å². The van der Waals surface area contributed by atoms with Crippen LogP contribution < -0.4 is 0 Å². The number of phenols is 1. The van der Waals surface area contributed by atoms with Gasteiger partial charge in [0.25, 0.3) is 0 Å². The van der Waals surface area contributed by atoms with Crippen LogP contribution >= 0.6 is 0 Å². The first-order chi connectivity index (χ1) is 24.9. The van der Waals surface area contributed by atoms with Crippen molar-refractivity contribution in [3.63, 3.8) is 0 Å². The Morgan fingerprint density at radius 2 is 1.33 bits per heavy atom.